The van der Waals surface area contributed by atoms with Gasteiger partial charge in [-0.25, -0.2) is 0 Å². The van der Waals surface area contributed by atoms with Gasteiger partial charge >= 0.3 is 0 Å². The first kappa shape index (κ1) is 13.3. The van der Waals surface area contributed by atoms with Crippen molar-refractivity contribution in [1.82, 2.24) is 0 Å². The molecule has 0 heterocycles. The van der Waals surface area contributed by atoms with Gasteiger partial charge in [-0.3, -0.25) is 0 Å². The standard InChI is InChI=1S/C19H16N2/c1-2-15-7-6-10-17(11-15)21-18-12-19(13-18,14-20)16-8-4-3-5-9-16/h1,3-11,18,21H,12-13H2. The Balaban J connectivity index is 1.70. The van der Waals surface area contributed by atoms with Gasteiger partial charge in [0.25, 0.3) is 0 Å². The van der Waals surface area contributed by atoms with Crippen LogP contribution in [0.4, 0.5) is 5.69 Å². The van der Waals surface area contributed by atoms with Crippen LogP contribution in [-0.2, 0) is 5.41 Å². The van der Waals surface area contributed by atoms with Crippen LogP contribution in [0.25, 0.3) is 0 Å². The van der Waals surface area contributed by atoms with Gasteiger partial charge in [-0.1, -0.05) is 42.3 Å². The Bertz CT molecular complexity index is 713. The van der Waals surface area contributed by atoms with E-state index in [0.717, 1.165) is 29.7 Å². The summed E-state index contributed by atoms with van der Waals surface area (Å²) < 4.78 is 0. The highest BCUT2D eigenvalue weighted by molar-refractivity contribution is 5.52. The van der Waals surface area contributed by atoms with E-state index < -0.39 is 0 Å². The third-order valence-corrected chi connectivity index (χ3v) is 4.13. The summed E-state index contributed by atoms with van der Waals surface area (Å²) in [5, 5.41) is 13.0. The van der Waals surface area contributed by atoms with Gasteiger partial charge in [0.15, 0.2) is 0 Å². The van der Waals surface area contributed by atoms with Crippen molar-refractivity contribution in [2.75, 3.05) is 5.32 Å². The van der Waals surface area contributed by atoms with Gasteiger partial charge in [0.1, 0.15) is 0 Å². The number of rotatable bonds is 3. The number of anilines is 1. The summed E-state index contributed by atoms with van der Waals surface area (Å²) in [6.45, 7) is 0. The summed E-state index contributed by atoms with van der Waals surface area (Å²) in [4.78, 5) is 0. The topological polar surface area (TPSA) is 35.8 Å². The third kappa shape index (κ3) is 2.49. The molecule has 0 atom stereocenters. The predicted molar refractivity (Wildman–Crippen MR) is 84.8 cm³/mol. The molecule has 2 aromatic carbocycles. The average molecular weight is 272 g/mol. The minimum atomic E-state index is -0.345. The fraction of sp³-hybridized carbons (Fsp3) is 0.211. The van der Waals surface area contributed by atoms with Crippen LogP contribution >= 0.6 is 0 Å². The average Bonchev–Trinajstić information content (AvgIpc) is 2.51. The second-order valence-electron chi connectivity index (χ2n) is 5.53. The van der Waals surface area contributed by atoms with Crippen molar-refractivity contribution in [2.24, 2.45) is 0 Å². The first-order valence-electron chi connectivity index (χ1n) is 7.06. The quantitative estimate of drug-likeness (QED) is 0.865. The lowest BCUT2D eigenvalue weighted by Crippen LogP contribution is -2.47. The Kier molecular flexibility index (Phi) is 3.38. The molecule has 0 aromatic heterocycles. The van der Waals surface area contributed by atoms with E-state index in [1.54, 1.807) is 0 Å². The maximum atomic E-state index is 9.55. The van der Waals surface area contributed by atoms with E-state index in [9.17, 15) is 5.26 Å². The van der Waals surface area contributed by atoms with Gasteiger partial charge in [-0.05, 0) is 36.6 Å². The Morgan fingerprint density at radius 1 is 1.10 bits per heavy atom. The summed E-state index contributed by atoms with van der Waals surface area (Å²) in [5.74, 6) is 2.64. The minimum Gasteiger partial charge on any atom is -0.382 e. The van der Waals surface area contributed by atoms with Crippen molar-refractivity contribution in [3.05, 3.63) is 65.7 Å². The van der Waals surface area contributed by atoms with E-state index in [-0.39, 0.29) is 5.41 Å². The van der Waals surface area contributed by atoms with Gasteiger partial charge in [0.05, 0.1) is 11.5 Å². The Morgan fingerprint density at radius 3 is 2.52 bits per heavy atom. The van der Waals surface area contributed by atoms with Crippen LogP contribution in [0.3, 0.4) is 0 Å². The van der Waals surface area contributed by atoms with Crippen LogP contribution in [0.5, 0.6) is 0 Å². The second-order valence-corrected chi connectivity index (χ2v) is 5.53. The zero-order valence-corrected chi connectivity index (χ0v) is 11.7. The fourth-order valence-electron chi connectivity index (χ4n) is 2.97. The highest BCUT2D eigenvalue weighted by atomic mass is 14.9. The normalized spacial score (nSPS) is 23.4. The Morgan fingerprint density at radius 2 is 1.86 bits per heavy atom. The summed E-state index contributed by atoms with van der Waals surface area (Å²) in [5.41, 5.74) is 2.66. The molecule has 0 amide bonds. The van der Waals surface area contributed by atoms with Crippen molar-refractivity contribution in [3.63, 3.8) is 0 Å². The van der Waals surface area contributed by atoms with E-state index in [1.165, 1.54) is 0 Å². The van der Waals surface area contributed by atoms with Gasteiger partial charge in [0, 0.05) is 17.3 Å². The number of hydrogen-bond acceptors (Lipinski definition) is 2. The molecule has 1 aliphatic rings. The molecule has 0 bridgehead atoms. The van der Waals surface area contributed by atoms with E-state index in [2.05, 4.69) is 17.3 Å². The highest BCUT2D eigenvalue weighted by Crippen LogP contribution is 2.44. The zero-order chi connectivity index (χ0) is 14.7. The smallest absolute Gasteiger partial charge is 0.0861 e. The van der Waals surface area contributed by atoms with Gasteiger partial charge in [0.2, 0.25) is 0 Å². The minimum absolute atomic E-state index is 0.317. The Hall–Kier alpha value is -2.71. The van der Waals surface area contributed by atoms with Crippen LogP contribution in [-0.4, -0.2) is 6.04 Å². The molecule has 1 fully saturated rings. The van der Waals surface area contributed by atoms with Gasteiger partial charge in [-0.2, -0.15) is 5.26 Å². The third-order valence-electron chi connectivity index (χ3n) is 4.13. The molecular weight excluding hydrogens is 256 g/mol. The molecule has 2 nitrogen and oxygen atoms in total. The summed E-state index contributed by atoms with van der Waals surface area (Å²) in [6, 6.07) is 20.7. The first-order valence-corrected chi connectivity index (χ1v) is 7.06. The number of terminal acetylenes is 1. The van der Waals surface area contributed by atoms with Crippen molar-refractivity contribution in [3.8, 4) is 18.4 Å². The van der Waals surface area contributed by atoms with Crippen LogP contribution in [0, 0.1) is 23.7 Å². The van der Waals surface area contributed by atoms with Crippen molar-refractivity contribution in [1.29, 1.82) is 5.26 Å². The lowest BCUT2D eigenvalue weighted by Gasteiger charge is -2.43. The van der Waals surface area contributed by atoms with E-state index >= 15 is 0 Å². The number of nitriles is 1. The lowest BCUT2D eigenvalue weighted by atomic mass is 9.62. The van der Waals surface area contributed by atoms with E-state index in [4.69, 9.17) is 6.42 Å². The number of nitrogens with one attached hydrogen (secondary N) is 1. The van der Waals surface area contributed by atoms with E-state index in [1.807, 2.05) is 54.6 Å². The van der Waals surface area contributed by atoms with Crippen LogP contribution < -0.4 is 5.32 Å². The molecule has 0 saturated heterocycles. The molecule has 1 aliphatic carbocycles. The first-order chi connectivity index (χ1) is 10.3. The SMILES string of the molecule is C#Cc1cccc(NC2CC(C#N)(c3ccccc3)C2)c1. The molecule has 0 spiro atoms. The second kappa shape index (κ2) is 5.35. The number of nitrogens with zero attached hydrogens (tertiary/aromatic N) is 1. The molecule has 2 heteroatoms. The molecule has 1 N–H and O–H groups in total. The molecule has 102 valence electrons. The predicted octanol–water partition coefficient (Wildman–Crippen LogP) is 3.70. The molecule has 0 unspecified atom stereocenters. The molecular formula is C19H16N2. The van der Waals surface area contributed by atoms with Crippen molar-refractivity contribution < 1.29 is 0 Å². The van der Waals surface area contributed by atoms with Gasteiger partial charge in [-0.15, -0.1) is 6.42 Å². The van der Waals surface area contributed by atoms with Crippen molar-refractivity contribution >= 4 is 5.69 Å². The summed E-state index contributed by atoms with van der Waals surface area (Å²) in [7, 11) is 0. The molecule has 1 saturated carbocycles. The largest absolute Gasteiger partial charge is 0.382 e. The maximum absolute atomic E-state index is 9.55. The number of benzene rings is 2. The lowest BCUT2D eigenvalue weighted by molar-refractivity contribution is 0.289. The summed E-state index contributed by atoms with van der Waals surface area (Å²) >= 11 is 0. The van der Waals surface area contributed by atoms with E-state index in [0.29, 0.717) is 6.04 Å². The molecule has 0 radical (unpaired) electrons. The molecule has 21 heavy (non-hydrogen) atoms. The van der Waals surface area contributed by atoms with Crippen LogP contribution in [0.1, 0.15) is 24.0 Å². The molecule has 2 aromatic rings. The Labute approximate surface area is 125 Å². The molecule has 0 aliphatic heterocycles. The summed E-state index contributed by atoms with van der Waals surface area (Å²) in [6.07, 6.45) is 7.07. The maximum Gasteiger partial charge on any atom is 0.0861 e. The highest BCUT2D eigenvalue weighted by Gasteiger charge is 2.46. The monoisotopic (exact) mass is 272 g/mol. The zero-order valence-electron chi connectivity index (χ0n) is 11.7. The van der Waals surface area contributed by atoms with Crippen LogP contribution in [0.2, 0.25) is 0 Å². The van der Waals surface area contributed by atoms with Gasteiger partial charge < -0.3 is 5.32 Å². The van der Waals surface area contributed by atoms with Crippen molar-refractivity contribution in [2.45, 2.75) is 24.3 Å². The number of hydrogen-bond donors (Lipinski definition) is 1. The fourth-order valence-corrected chi connectivity index (χ4v) is 2.97. The van der Waals surface area contributed by atoms with Crippen LogP contribution in [0.15, 0.2) is 54.6 Å². The molecule has 3 rings (SSSR count).